The van der Waals surface area contributed by atoms with E-state index >= 15 is 0 Å². The standard InChI is InChI=1S/C21H23NO5/c1-2-3-4-18(24)27-21-15(23)7-12-5-6-22-10-13-8-16-17(26-11-25-16)9-14(13)19(21)20(12)22/h7-9,19-21H,2-6,10-11H2,1H3/t19-,20?,21+/m0/s1. The van der Waals surface area contributed by atoms with E-state index in [-0.39, 0.29) is 30.5 Å². The lowest BCUT2D eigenvalue weighted by atomic mass is 9.73. The van der Waals surface area contributed by atoms with Crippen LogP contribution in [-0.4, -0.2) is 42.1 Å². The molecule has 0 saturated carbocycles. The fourth-order valence-corrected chi connectivity index (χ4v) is 4.85. The second-order valence-electron chi connectivity index (χ2n) is 7.73. The molecular weight excluding hydrogens is 346 g/mol. The minimum Gasteiger partial charge on any atom is -0.454 e. The summed E-state index contributed by atoms with van der Waals surface area (Å²) < 4.78 is 16.8. The molecule has 1 aromatic rings. The third kappa shape index (κ3) is 2.65. The monoisotopic (exact) mass is 369 g/mol. The maximum absolute atomic E-state index is 12.9. The largest absolute Gasteiger partial charge is 0.454 e. The first-order chi connectivity index (χ1) is 13.2. The third-order valence-electron chi connectivity index (χ3n) is 6.10. The van der Waals surface area contributed by atoms with Gasteiger partial charge in [-0.2, -0.15) is 0 Å². The minimum atomic E-state index is -0.761. The number of hydrogen-bond acceptors (Lipinski definition) is 6. The lowest BCUT2D eigenvalue weighted by Crippen LogP contribution is -2.50. The van der Waals surface area contributed by atoms with Crippen LogP contribution in [0.2, 0.25) is 0 Å². The summed E-state index contributed by atoms with van der Waals surface area (Å²) in [6.07, 6.45) is 3.90. The van der Waals surface area contributed by atoms with E-state index in [0.717, 1.165) is 54.8 Å². The highest BCUT2D eigenvalue weighted by atomic mass is 16.7. The van der Waals surface area contributed by atoms with Gasteiger partial charge >= 0.3 is 5.97 Å². The molecule has 3 atom stereocenters. The molecule has 6 nitrogen and oxygen atoms in total. The Morgan fingerprint density at radius 3 is 2.93 bits per heavy atom. The summed E-state index contributed by atoms with van der Waals surface area (Å²) in [5, 5.41) is 0. The van der Waals surface area contributed by atoms with Crippen molar-refractivity contribution in [1.29, 1.82) is 0 Å². The van der Waals surface area contributed by atoms with Gasteiger partial charge in [0.2, 0.25) is 6.79 Å². The molecule has 3 aliphatic heterocycles. The molecule has 0 radical (unpaired) electrons. The van der Waals surface area contributed by atoms with Gasteiger partial charge in [-0.25, -0.2) is 0 Å². The van der Waals surface area contributed by atoms with Gasteiger partial charge in [0.05, 0.1) is 0 Å². The molecule has 3 heterocycles. The molecule has 142 valence electrons. The van der Waals surface area contributed by atoms with Gasteiger partial charge in [0, 0.05) is 31.5 Å². The number of benzene rings is 1. The Morgan fingerprint density at radius 2 is 2.11 bits per heavy atom. The first kappa shape index (κ1) is 16.8. The summed E-state index contributed by atoms with van der Waals surface area (Å²) in [7, 11) is 0. The number of nitrogens with zero attached hydrogens (tertiary/aromatic N) is 1. The smallest absolute Gasteiger partial charge is 0.306 e. The Hall–Kier alpha value is -2.34. The fraction of sp³-hybridized carbons (Fsp3) is 0.524. The summed E-state index contributed by atoms with van der Waals surface area (Å²) in [4.78, 5) is 27.6. The van der Waals surface area contributed by atoms with Crippen molar-refractivity contribution in [2.75, 3.05) is 13.3 Å². The maximum atomic E-state index is 12.9. The minimum absolute atomic E-state index is 0.0940. The molecule has 0 bridgehead atoms. The molecule has 5 rings (SSSR count). The number of hydrogen-bond donors (Lipinski definition) is 0. The molecule has 27 heavy (non-hydrogen) atoms. The van der Waals surface area contributed by atoms with E-state index in [1.165, 1.54) is 0 Å². The van der Waals surface area contributed by atoms with Gasteiger partial charge in [0.15, 0.2) is 23.4 Å². The molecule has 1 unspecified atom stereocenters. The van der Waals surface area contributed by atoms with Crippen LogP contribution in [0.4, 0.5) is 0 Å². The van der Waals surface area contributed by atoms with Crippen LogP contribution in [0.15, 0.2) is 23.8 Å². The lowest BCUT2D eigenvalue weighted by molar-refractivity contribution is -0.156. The van der Waals surface area contributed by atoms with Crippen LogP contribution in [0.25, 0.3) is 0 Å². The van der Waals surface area contributed by atoms with Gasteiger partial charge < -0.3 is 14.2 Å². The summed E-state index contributed by atoms with van der Waals surface area (Å²) >= 11 is 0. The van der Waals surface area contributed by atoms with E-state index in [0.29, 0.717) is 12.2 Å². The quantitative estimate of drug-likeness (QED) is 0.761. The number of ketones is 1. The van der Waals surface area contributed by atoms with E-state index < -0.39 is 6.10 Å². The molecule has 0 aromatic heterocycles. The lowest BCUT2D eigenvalue weighted by Gasteiger charge is -2.43. The zero-order valence-corrected chi connectivity index (χ0v) is 15.4. The summed E-state index contributed by atoms with van der Waals surface area (Å²) in [6, 6.07) is 4.13. The molecule has 1 fully saturated rings. The average Bonchev–Trinajstić information content (AvgIpc) is 3.27. The zero-order chi connectivity index (χ0) is 18.5. The zero-order valence-electron chi connectivity index (χ0n) is 15.4. The second kappa shape index (κ2) is 6.37. The molecule has 1 saturated heterocycles. The third-order valence-corrected chi connectivity index (χ3v) is 6.10. The van der Waals surface area contributed by atoms with Crippen molar-refractivity contribution in [3.63, 3.8) is 0 Å². The number of unbranched alkanes of at least 4 members (excludes halogenated alkanes) is 1. The van der Waals surface area contributed by atoms with Crippen LogP contribution in [0.3, 0.4) is 0 Å². The first-order valence-corrected chi connectivity index (χ1v) is 9.76. The maximum Gasteiger partial charge on any atom is 0.306 e. The predicted octanol–water partition coefficient (Wildman–Crippen LogP) is 2.70. The van der Waals surface area contributed by atoms with Crippen LogP contribution >= 0.6 is 0 Å². The van der Waals surface area contributed by atoms with Gasteiger partial charge in [0.1, 0.15) is 0 Å². The highest BCUT2D eigenvalue weighted by molar-refractivity contribution is 5.98. The Balaban J connectivity index is 1.55. The molecule has 4 aliphatic rings. The molecule has 0 N–H and O–H groups in total. The first-order valence-electron chi connectivity index (χ1n) is 9.76. The highest BCUT2D eigenvalue weighted by Gasteiger charge is 2.50. The normalized spacial score (nSPS) is 27.8. The molecule has 0 amide bonds. The van der Waals surface area contributed by atoms with Crippen LogP contribution in [0, 0.1) is 0 Å². The molecule has 0 spiro atoms. The van der Waals surface area contributed by atoms with Gasteiger partial charge in [-0.1, -0.05) is 13.3 Å². The van der Waals surface area contributed by atoms with E-state index in [9.17, 15) is 9.59 Å². The van der Waals surface area contributed by atoms with Gasteiger partial charge in [-0.15, -0.1) is 0 Å². The van der Waals surface area contributed by atoms with E-state index in [1.807, 2.05) is 19.1 Å². The number of rotatable bonds is 4. The fourth-order valence-electron chi connectivity index (χ4n) is 4.85. The Labute approximate surface area is 158 Å². The van der Waals surface area contributed by atoms with Crippen molar-refractivity contribution >= 4 is 11.8 Å². The second-order valence-corrected chi connectivity index (χ2v) is 7.73. The van der Waals surface area contributed by atoms with Gasteiger partial charge in [-0.05, 0) is 47.8 Å². The number of esters is 1. The average molecular weight is 369 g/mol. The van der Waals surface area contributed by atoms with Crippen LogP contribution in [0.1, 0.15) is 49.7 Å². The summed E-state index contributed by atoms with van der Waals surface area (Å²) in [5.74, 6) is 0.900. The molecular formula is C21H23NO5. The number of carbonyl (C=O) groups is 2. The Morgan fingerprint density at radius 1 is 1.30 bits per heavy atom. The van der Waals surface area contributed by atoms with Crippen molar-refractivity contribution in [3.8, 4) is 11.5 Å². The highest BCUT2D eigenvalue weighted by Crippen LogP contribution is 2.49. The van der Waals surface area contributed by atoms with Crippen molar-refractivity contribution in [2.45, 2.75) is 57.2 Å². The summed E-state index contributed by atoms with van der Waals surface area (Å²) in [6.45, 7) is 3.99. The van der Waals surface area contributed by atoms with Gasteiger partial charge in [-0.3, -0.25) is 14.5 Å². The SMILES string of the molecule is CCCCC(=O)O[C@@H]1C(=O)C=C2CCN3Cc4cc5c(cc4[C@H]1C23)OCO5. The van der Waals surface area contributed by atoms with Gasteiger partial charge in [0.25, 0.3) is 0 Å². The molecule has 1 aliphatic carbocycles. The topological polar surface area (TPSA) is 65.1 Å². The number of fused-ring (bicyclic) bond motifs is 3. The van der Waals surface area contributed by atoms with Crippen molar-refractivity contribution in [1.82, 2.24) is 4.90 Å². The molecule has 6 heteroatoms. The number of ether oxygens (including phenoxy) is 3. The van der Waals surface area contributed by atoms with E-state index in [1.54, 1.807) is 6.08 Å². The van der Waals surface area contributed by atoms with Crippen molar-refractivity contribution < 1.29 is 23.8 Å². The predicted molar refractivity (Wildman–Crippen MR) is 96.6 cm³/mol. The Bertz CT molecular complexity index is 845. The van der Waals surface area contributed by atoms with Crippen LogP contribution < -0.4 is 9.47 Å². The number of carbonyl (C=O) groups excluding carboxylic acids is 2. The van der Waals surface area contributed by atoms with Crippen LogP contribution in [0.5, 0.6) is 11.5 Å². The molecule has 1 aromatic carbocycles. The van der Waals surface area contributed by atoms with E-state index in [2.05, 4.69) is 4.90 Å². The summed E-state index contributed by atoms with van der Waals surface area (Å²) in [5.41, 5.74) is 3.34. The Kier molecular flexibility index (Phi) is 3.97. The van der Waals surface area contributed by atoms with Crippen molar-refractivity contribution in [2.24, 2.45) is 0 Å². The van der Waals surface area contributed by atoms with E-state index in [4.69, 9.17) is 14.2 Å². The van der Waals surface area contributed by atoms with Crippen molar-refractivity contribution in [3.05, 3.63) is 34.9 Å². The van der Waals surface area contributed by atoms with Crippen LogP contribution in [-0.2, 0) is 20.9 Å².